The molecule has 7 nitrogen and oxygen atoms in total. The van der Waals surface area contributed by atoms with E-state index in [0.717, 1.165) is 6.26 Å². The standard InChI is InChI=1S/C19H15FN4O3S/c1-27-13-7-8-16(20)15(9-13)12-10-21-19(22-11-12)24-17-6-4-3-5-14(17)18(23-24)28(2,25)26/h3-11H,1-2H3. The highest BCUT2D eigenvalue weighted by atomic mass is 32.2. The smallest absolute Gasteiger partial charge is 0.251 e. The molecule has 0 saturated heterocycles. The number of hydrogen-bond donors (Lipinski definition) is 0. The lowest BCUT2D eigenvalue weighted by Gasteiger charge is -2.07. The Bertz CT molecular complexity index is 1280. The summed E-state index contributed by atoms with van der Waals surface area (Å²) in [6.45, 7) is 0. The van der Waals surface area contributed by atoms with E-state index < -0.39 is 15.7 Å². The monoisotopic (exact) mass is 398 g/mol. The molecule has 0 fully saturated rings. The lowest BCUT2D eigenvalue weighted by Crippen LogP contribution is -2.05. The van der Waals surface area contributed by atoms with E-state index in [9.17, 15) is 12.8 Å². The Kier molecular flexibility index (Phi) is 4.31. The van der Waals surface area contributed by atoms with Gasteiger partial charge in [0.05, 0.1) is 12.6 Å². The average Bonchev–Trinajstić information content (AvgIpc) is 3.09. The van der Waals surface area contributed by atoms with E-state index in [1.54, 1.807) is 30.3 Å². The maximum Gasteiger partial charge on any atom is 0.251 e. The van der Waals surface area contributed by atoms with Crippen molar-refractivity contribution in [3.8, 4) is 22.8 Å². The van der Waals surface area contributed by atoms with E-state index in [1.807, 2.05) is 0 Å². The number of methoxy groups -OCH3 is 1. The second-order valence-corrected chi connectivity index (χ2v) is 8.05. The molecule has 0 spiro atoms. The molecule has 4 aromatic rings. The van der Waals surface area contributed by atoms with Crippen LogP contribution in [0.4, 0.5) is 4.39 Å². The van der Waals surface area contributed by atoms with Gasteiger partial charge in [0.25, 0.3) is 5.95 Å². The van der Waals surface area contributed by atoms with Crippen molar-refractivity contribution >= 4 is 20.7 Å². The fraction of sp³-hybridized carbons (Fsp3) is 0.105. The second kappa shape index (κ2) is 6.68. The second-order valence-electron chi connectivity index (χ2n) is 6.12. The fourth-order valence-electron chi connectivity index (χ4n) is 2.89. The number of hydrogen-bond acceptors (Lipinski definition) is 6. The maximum absolute atomic E-state index is 14.2. The molecule has 0 radical (unpaired) electrons. The highest BCUT2D eigenvalue weighted by molar-refractivity contribution is 7.90. The zero-order valence-corrected chi connectivity index (χ0v) is 15.8. The first-order valence-electron chi connectivity index (χ1n) is 8.22. The van der Waals surface area contributed by atoms with E-state index in [0.29, 0.717) is 27.8 Å². The number of sulfone groups is 1. The predicted octanol–water partition coefficient (Wildman–Crippen LogP) is 3.03. The van der Waals surface area contributed by atoms with Crippen LogP contribution in [0.3, 0.4) is 0 Å². The number of halogens is 1. The highest BCUT2D eigenvalue weighted by Crippen LogP contribution is 2.27. The SMILES string of the molecule is COc1ccc(F)c(-c2cnc(-n3nc(S(C)(=O)=O)c4ccccc43)nc2)c1. The van der Waals surface area contributed by atoms with Crippen LogP contribution >= 0.6 is 0 Å². The van der Waals surface area contributed by atoms with Crippen LogP contribution in [-0.4, -0.2) is 41.5 Å². The number of nitrogens with zero attached hydrogens (tertiary/aromatic N) is 4. The van der Waals surface area contributed by atoms with Crippen LogP contribution in [0.25, 0.3) is 28.0 Å². The van der Waals surface area contributed by atoms with Crippen LogP contribution in [0.5, 0.6) is 5.75 Å². The molecule has 4 rings (SSSR count). The first-order chi connectivity index (χ1) is 13.4. The molecule has 0 aliphatic carbocycles. The predicted molar refractivity (Wildman–Crippen MR) is 102 cm³/mol. The fourth-order valence-corrected chi connectivity index (χ4v) is 3.69. The van der Waals surface area contributed by atoms with Crippen LogP contribution in [0.2, 0.25) is 0 Å². The van der Waals surface area contributed by atoms with Crippen LogP contribution < -0.4 is 4.74 Å². The summed E-state index contributed by atoms with van der Waals surface area (Å²) < 4.78 is 44.8. The van der Waals surface area contributed by atoms with Gasteiger partial charge in [-0.25, -0.2) is 22.8 Å². The van der Waals surface area contributed by atoms with Crippen molar-refractivity contribution in [1.82, 2.24) is 19.7 Å². The summed E-state index contributed by atoms with van der Waals surface area (Å²) in [5.41, 5.74) is 1.32. The van der Waals surface area contributed by atoms with Crippen LogP contribution in [0, 0.1) is 5.82 Å². The van der Waals surface area contributed by atoms with Crippen LogP contribution in [0.15, 0.2) is 59.9 Å². The summed E-state index contributed by atoms with van der Waals surface area (Å²) in [7, 11) is -2.03. The van der Waals surface area contributed by atoms with Crippen molar-refractivity contribution in [2.45, 2.75) is 5.03 Å². The van der Waals surface area contributed by atoms with Crippen molar-refractivity contribution in [1.29, 1.82) is 0 Å². The molecule has 9 heteroatoms. The molecule has 0 atom stereocenters. The summed E-state index contributed by atoms with van der Waals surface area (Å²) in [4.78, 5) is 8.51. The maximum atomic E-state index is 14.2. The molecule has 0 aliphatic rings. The normalized spacial score (nSPS) is 11.7. The van der Waals surface area contributed by atoms with Gasteiger partial charge in [0.1, 0.15) is 11.6 Å². The third-order valence-corrected chi connectivity index (χ3v) is 5.22. The van der Waals surface area contributed by atoms with Crippen molar-refractivity contribution in [3.63, 3.8) is 0 Å². The summed E-state index contributed by atoms with van der Waals surface area (Å²) in [5, 5.41) is 4.62. The summed E-state index contributed by atoms with van der Waals surface area (Å²) in [6, 6.07) is 11.3. The van der Waals surface area contributed by atoms with Crippen molar-refractivity contribution in [2.24, 2.45) is 0 Å². The van der Waals surface area contributed by atoms with Crippen LogP contribution in [-0.2, 0) is 9.84 Å². The number of fused-ring (bicyclic) bond motifs is 1. The minimum absolute atomic E-state index is 0.0467. The molecular weight excluding hydrogens is 383 g/mol. The molecule has 142 valence electrons. The van der Waals surface area contributed by atoms with Crippen molar-refractivity contribution < 1.29 is 17.5 Å². The number of aromatic nitrogens is 4. The van der Waals surface area contributed by atoms with Gasteiger partial charge in [0, 0.05) is 35.2 Å². The van der Waals surface area contributed by atoms with E-state index in [4.69, 9.17) is 4.74 Å². The first kappa shape index (κ1) is 18.1. The third kappa shape index (κ3) is 3.09. The van der Waals surface area contributed by atoms with Gasteiger partial charge in [0.2, 0.25) is 0 Å². The number of ether oxygens (including phenoxy) is 1. The summed E-state index contributed by atoms with van der Waals surface area (Å²) in [6.07, 6.45) is 4.01. The van der Waals surface area contributed by atoms with Gasteiger partial charge < -0.3 is 4.74 Å². The number of rotatable bonds is 4. The van der Waals surface area contributed by atoms with E-state index in [1.165, 1.54) is 36.3 Å². The minimum atomic E-state index is -3.53. The van der Waals surface area contributed by atoms with E-state index >= 15 is 0 Å². The molecule has 2 heterocycles. The molecule has 0 unspecified atom stereocenters. The molecule has 0 N–H and O–H groups in total. The quantitative estimate of drug-likeness (QED) is 0.525. The number of para-hydroxylation sites is 1. The Morgan fingerprint density at radius 2 is 1.79 bits per heavy atom. The molecule has 0 saturated carbocycles. The Hall–Kier alpha value is -3.33. The van der Waals surface area contributed by atoms with Gasteiger partial charge in [-0.1, -0.05) is 12.1 Å². The summed E-state index contributed by atoms with van der Waals surface area (Å²) in [5.74, 6) is 0.260. The highest BCUT2D eigenvalue weighted by Gasteiger charge is 2.20. The lowest BCUT2D eigenvalue weighted by atomic mass is 10.1. The molecule has 0 aliphatic heterocycles. The van der Waals surface area contributed by atoms with E-state index in [-0.39, 0.29) is 11.0 Å². The van der Waals surface area contributed by atoms with Crippen LogP contribution in [0.1, 0.15) is 0 Å². The lowest BCUT2D eigenvalue weighted by molar-refractivity contribution is 0.414. The summed E-state index contributed by atoms with van der Waals surface area (Å²) >= 11 is 0. The van der Waals surface area contributed by atoms with E-state index in [2.05, 4.69) is 15.1 Å². The molecule has 28 heavy (non-hydrogen) atoms. The number of benzene rings is 2. The minimum Gasteiger partial charge on any atom is -0.497 e. The Labute approximate surface area is 160 Å². The van der Waals surface area contributed by atoms with Gasteiger partial charge >= 0.3 is 0 Å². The topological polar surface area (TPSA) is 87.0 Å². The van der Waals surface area contributed by atoms with Gasteiger partial charge in [0.15, 0.2) is 14.9 Å². The van der Waals surface area contributed by atoms with Gasteiger partial charge in [-0.15, -0.1) is 0 Å². The van der Waals surface area contributed by atoms with Gasteiger partial charge in [-0.05, 0) is 30.3 Å². The zero-order valence-electron chi connectivity index (χ0n) is 15.0. The van der Waals surface area contributed by atoms with Crippen molar-refractivity contribution in [3.05, 3.63) is 60.7 Å². The molecule has 2 aromatic carbocycles. The molecule has 0 amide bonds. The first-order valence-corrected chi connectivity index (χ1v) is 10.1. The van der Waals surface area contributed by atoms with Crippen molar-refractivity contribution in [2.75, 3.05) is 13.4 Å². The average molecular weight is 398 g/mol. The Morgan fingerprint density at radius 1 is 1.07 bits per heavy atom. The third-order valence-electron chi connectivity index (χ3n) is 4.22. The van der Waals surface area contributed by atoms with Gasteiger partial charge in [-0.2, -0.15) is 9.78 Å². The Morgan fingerprint density at radius 3 is 2.46 bits per heavy atom. The largest absolute Gasteiger partial charge is 0.497 e. The Balaban J connectivity index is 1.83. The molecule has 0 bridgehead atoms. The van der Waals surface area contributed by atoms with Gasteiger partial charge in [-0.3, -0.25) is 0 Å². The molecular formula is C19H15FN4O3S. The zero-order chi connectivity index (χ0) is 19.9. The molecule has 2 aromatic heterocycles.